The van der Waals surface area contributed by atoms with Crippen molar-refractivity contribution in [1.82, 2.24) is 20.4 Å². The van der Waals surface area contributed by atoms with Crippen LogP contribution in [-0.4, -0.2) is 40.6 Å². The number of likely N-dealkylation sites (tertiary alicyclic amines) is 1. The second-order valence-corrected chi connectivity index (χ2v) is 6.70. The van der Waals surface area contributed by atoms with Gasteiger partial charge in [-0.05, 0) is 44.4 Å². The number of hydrogen-bond acceptors (Lipinski definition) is 6. The molecule has 0 radical (unpaired) electrons. The maximum atomic E-state index is 12.1. The predicted molar refractivity (Wildman–Crippen MR) is 85.2 cm³/mol. The molecule has 2 aromatic rings. The number of furan rings is 1. The topological polar surface area (TPSA) is 84.4 Å². The van der Waals surface area contributed by atoms with Gasteiger partial charge in [-0.25, -0.2) is 0 Å². The van der Waals surface area contributed by atoms with Crippen molar-refractivity contribution < 1.29 is 13.7 Å². The van der Waals surface area contributed by atoms with E-state index in [4.69, 9.17) is 8.94 Å². The third-order valence-corrected chi connectivity index (χ3v) is 4.66. The molecule has 1 atom stereocenters. The fraction of sp³-hybridized carbons (Fsp3) is 0.588. The average Bonchev–Trinajstić information content (AvgIpc) is 3.12. The van der Waals surface area contributed by atoms with Crippen LogP contribution in [0.1, 0.15) is 55.0 Å². The second-order valence-electron chi connectivity index (χ2n) is 6.70. The Labute approximate surface area is 140 Å². The molecule has 7 heteroatoms. The van der Waals surface area contributed by atoms with Gasteiger partial charge >= 0.3 is 0 Å². The minimum absolute atomic E-state index is 0.0128. The van der Waals surface area contributed by atoms with E-state index < -0.39 is 0 Å². The first-order chi connectivity index (χ1) is 11.8. The van der Waals surface area contributed by atoms with Gasteiger partial charge in [0.1, 0.15) is 5.76 Å². The Bertz CT molecular complexity index is 678. The van der Waals surface area contributed by atoms with Gasteiger partial charge in [0.15, 0.2) is 5.82 Å². The molecule has 4 rings (SSSR count). The van der Waals surface area contributed by atoms with Crippen LogP contribution < -0.4 is 5.32 Å². The van der Waals surface area contributed by atoms with E-state index in [2.05, 4.69) is 20.4 Å². The highest BCUT2D eigenvalue weighted by Crippen LogP contribution is 2.39. The Balaban J connectivity index is 1.28. The van der Waals surface area contributed by atoms with Crippen molar-refractivity contribution in [2.45, 2.75) is 44.1 Å². The summed E-state index contributed by atoms with van der Waals surface area (Å²) in [5, 5.41) is 7.05. The van der Waals surface area contributed by atoms with E-state index in [1.54, 1.807) is 6.26 Å². The lowest BCUT2D eigenvalue weighted by Crippen LogP contribution is -2.42. The van der Waals surface area contributed by atoms with Gasteiger partial charge in [-0.15, -0.1) is 0 Å². The summed E-state index contributed by atoms with van der Waals surface area (Å²) in [4.78, 5) is 18.8. The van der Waals surface area contributed by atoms with Gasteiger partial charge in [-0.1, -0.05) is 5.16 Å². The summed E-state index contributed by atoms with van der Waals surface area (Å²) in [6, 6.07) is 3.67. The molecular formula is C17H22N4O3. The van der Waals surface area contributed by atoms with Gasteiger partial charge in [0.25, 0.3) is 0 Å². The van der Waals surface area contributed by atoms with E-state index in [-0.39, 0.29) is 11.8 Å². The molecule has 1 aliphatic heterocycles. The molecule has 2 fully saturated rings. The molecular weight excluding hydrogens is 308 g/mol. The van der Waals surface area contributed by atoms with E-state index in [0.29, 0.717) is 19.0 Å². The van der Waals surface area contributed by atoms with Crippen molar-refractivity contribution in [1.29, 1.82) is 0 Å². The Hall–Kier alpha value is -2.15. The lowest BCUT2D eigenvalue weighted by atomic mass is 9.97. The lowest BCUT2D eigenvalue weighted by Gasteiger charge is -2.30. The van der Waals surface area contributed by atoms with Crippen LogP contribution in [0.25, 0.3) is 0 Å². The summed E-state index contributed by atoms with van der Waals surface area (Å²) < 4.78 is 10.6. The molecule has 7 nitrogen and oxygen atoms in total. The van der Waals surface area contributed by atoms with E-state index in [0.717, 1.165) is 56.2 Å². The molecule has 0 bridgehead atoms. The number of carbonyl (C=O) groups excluding carboxylic acids is 1. The minimum atomic E-state index is 0.0128. The first-order valence-corrected chi connectivity index (χ1v) is 8.63. The largest absolute Gasteiger partial charge is 0.467 e. The molecule has 1 saturated carbocycles. The van der Waals surface area contributed by atoms with Crippen molar-refractivity contribution in [3.63, 3.8) is 0 Å². The summed E-state index contributed by atoms with van der Waals surface area (Å²) in [5.74, 6) is 3.11. The lowest BCUT2D eigenvalue weighted by molar-refractivity contribution is -0.122. The van der Waals surface area contributed by atoms with Gasteiger partial charge in [0.05, 0.1) is 19.4 Å². The summed E-state index contributed by atoms with van der Waals surface area (Å²) >= 11 is 0. The maximum Gasteiger partial charge on any atom is 0.234 e. The van der Waals surface area contributed by atoms with Crippen LogP contribution in [0.4, 0.5) is 0 Å². The van der Waals surface area contributed by atoms with Crippen LogP contribution in [0, 0.1) is 0 Å². The Morgan fingerprint density at radius 3 is 3.04 bits per heavy atom. The van der Waals surface area contributed by atoms with E-state index in [9.17, 15) is 4.79 Å². The third-order valence-electron chi connectivity index (χ3n) is 4.66. The number of carbonyl (C=O) groups is 1. The van der Waals surface area contributed by atoms with E-state index in [1.165, 1.54) is 0 Å². The monoisotopic (exact) mass is 330 g/mol. The van der Waals surface area contributed by atoms with Crippen molar-refractivity contribution >= 4 is 5.91 Å². The molecule has 128 valence electrons. The fourth-order valence-corrected chi connectivity index (χ4v) is 3.18. The molecule has 0 unspecified atom stereocenters. The van der Waals surface area contributed by atoms with E-state index in [1.807, 2.05) is 12.1 Å². The normalized spacial score (nSPS) is 21.8. The SMILES string of the molecule is O=C(CN1CCC[C@@H](c2noc(C3CC3)n2)C1)NCc1ccco1. The van der Waals surface area contributed by atoms with Crippen LogP contribution in [-0.2, 0) is 11.3 Å². The molecule has 24 heavy (non-hydrogen) atoms. The smallest absolute Gasteiger partial charge is 0.234 e. The average molecular weight is 330 g/mol. The first kappa shape index (κ1) is 15.4. The Morgan fingerprint density at radius 1 is 1.33 bits per heavy atom. The number of nitrogens with zero attached hydrogens (tertiary/aromatic N) is 3. The van der Waals surface area contributed by atoms with Gasteiger partial charge in [0.2, 0.25) is 11.8 Å². The molecule has 1 N–H and O–H groups in total. The van der Waals surface area contributed by atoms with Crippen molar-refractivity contribution in [2.75, 3.05) is 19.6 Å². The van der Waals surface area contributed by atoms with Crippen LogP contribution in [0.5, 0.6) is 0 Å². The quantitative estimate of drug-likeness (QED) is 0.872. The highest BCUT2D eigenvalue weighted by molar-refractivity contribution is 5.77. The second kappa shape index (κ2) is 6.76. The van der Waals surface area contributed by atoms with Crippen molar-refractivity contribution in [3.8, 4) is 0 Å². The molecule has 2 aliphatic rings. The highest BCUT2D eigenvalue weighted by Gasteiger charge is 2.32. The number of hydrogen-bond donors (Lipinski definition) is 1. The first-order valence-electron chi connectivity index (χ1n) is 8.63. The van der Waals surface area contributed by atoms with Crippen molar-refractivity contribution in [2.24, 2.45) is 0 Å². The van der Waals surface area contributed by atoms with Crippen LogP contribution in [0.15, 0.2) is 27.3 Å². The summed E-state index contributed by atoms with van der Waals surface area (Å²) in [7, 11) is 0. The molecule has 1 amide bonds. The number of amides is 1. The van der Waals surface area contributed by atoms with Gasteiger partial charge in [-0.3, -0.25) is 9.69 Å². The molecule has 1 saturated heterocycles. The molecule has 0 spiro atoms. The molecule has 0 aromatic carbocycles. The van der Waals surface area contributed by atoms with Crippen LogP contribution in [0.2, 0.25) is 0 Å². The number of piperidine rings is 1. The fourth-order valence-electron chi connectivity index (χ4n) is 3.18. The number of aromatic nitrogens is 2. The predicted octanol–water partition coefficient (Wildman–Crippen LogP) is 2.04. The standard InChI is InChI=1S/C17H22N4O3/c22-15(18-9-14-4-2-8-23-14)11-21-7-1-3-13(10-21)16-19-17(24-20-16)12-5-6-12/h2,4,8,12-13H,1,3,5-7,9-11H2,(H,18,22)/t13-/m1/s1. The highest BCUT2D eigenvalue weighted by atomic mass is 16.5. The zero-order valence-corrected chi connectivity index (χ0v) is 13.6. The van der Waals surface area contributed by atoms with Gasteiger partial charge in [-0.2, -0.15) is 4.98 Å². The maximum absolute atomic E-state index is 12.1. The molecule has 3 heterocycles. The molecule has 2 aromatic heterocycles. The minimum Gasteiger partial charge on any atom is -0.467 e. The number of rotatable bonds is 6. The zero-order chi connectivity index (χ0) is 16.4. The number of nitrogens with one attached hydrogen (secondary N) is 1. The molecule has 1 aliphatic carbocycles. The summed E-state index contributed by atoms with van der Waals surface area (Å²) in [6.07, 6.45) is 6.03. The Morgan fingerprint density at radius 2 is 2.25 bits per heavy atom. The Kier molecular flexibility index (Phi) is 4.34. The third kappa shape index (κ3) is 3.67. The summed E-state index contributed by atoms with van der Waals surface area (Å²) in [6.45, 7) is 2.55. The van der Waals surface area contributed by atoms with Crippen LogP contribution >= 0.6 is 0 Å². The van der Waals surface area contributed by atoms with Crippen molar-refractivity contribution in [3.05, 3.63) is 35.9 Å². The van der Waals surface area contributed by atoms with Crippen LogP contribution in [0.3, 0.4) is 0 Å². The summed E-state index contributed by atoms with van der Waals surface area (Å²) in [5.41, 5.74) is 0. The van der Waals surface area contributed by atoms with E-state index >= 15 is 0 Å². The zero-order valence-electron chi connectivity index (χ0n) is 13.6. The van der Waals surface area contributed by atoms with Gasteiger partial charge in [0, 0.05) is 18.4 Å². The van der Waals surface area contributed by atoms with Gasteiger partial charge < -0.3 is 14.3 Å².